The second-order valence-corrected chi connectivity index (χ2v) is 8.75. The number of aromatic nitrogens is 3. The van der Waals surface area contributed by atoms with Crippen molar-refractivity contribution in [2.45, 2.75) is 69.1 Å². The van der Waals surface area contributed by atoms with E-state index in [4.69, 9.17) is 0 Å². The van der Waals surface area contributed by atoms with Crippen LogP contribution in [0, 0.1) is 0 Å². The molecule has 1 fully saturated rings. The van der Waals surface area contributed by atoms with E-state index in [0.29, 0.717) is 18.2 Å². The number of anilines is 1. The van der Waals surface area contributed by atoms with Crippen LogP contribution in [0.3, 0.4) is 0 Å². The number of thioether (sulfide) groups is 1. The molecule has 2 aromatic rings. The van der Waals surface area contributed by atoms with E-state index in [1.807, 2.05) is 29.2 Å². The number of allylic oxidation sites excluding steroid dienone is 1. The van der Waals surface area contributed by atoms with Crippen molar-refractivity contribution in [3.63, 3.8) is 0 Å². The Balaban J connectivity index is 1.48. The highest BCUT2D eigenvalue weighted by Gasteiger charge is 2.31. The van der Waals surface area contributed by atoms with Gasteiger partial charge in [0, 0.05) is 24.2 Å². The van der Waals surface area contributed by atoms with Gasteiger partial charge in [-0.05, 0) is 37.8 Å². The van der Waals surface area contributed by atoms with Gasteiger partial charge < -0.3 is 9.47 Å². The summed E-state index contributed by atoms with van der Waals surface area (Å²) < 4.78 is 2.16. The van der Waals surface area contributed by atoms with Gasteiger partial charge in [0.15, 0.2) is 5.16 Å². The molecule has 1 amide bonds. The van der Waals surface area contributed by atoms with Crippen LogP contribution >= 0.6 is 11.8 Å². The van der Waals surface area contributed by atoms with Gasteiger partial charge >= 0.3 is 0 Å². The Bertz CT molecular complexity index is 856. The summed E-state index contributed by atoms with van der Waals surface area (Å²) in [5.74, 6) is 2.06. The maximum absolute atomic E-state index is 13.0. The monoisotopic (exact) mass is 396 g/mol. The Morgan fingerprint density at radius 1 is 1.25 bits per heavy atom. The van der Waals surface area contributed by atoms with E-state index in [9.17, 15) is 4.79 Å². The summed E-state index contributed by atoms with van der Waals surface area (Å²) >= 11 is 1.49. The molecule has 1 atom stereocenters. The zero-order valence-electron chi connectivity index (χ0n) is 16.5. The van der Waals surface area contributed by atoms with Crippen molar-refractivity contribution in [1.29, 1.82) is 0 Å². The summed E-state index contributed by atoms with van der Waals surface area (Å²) in [6.07, 6.45) is 9.02. The Labute approximate surface area is 171 Å². The zero-order valence-corrected chi connectivity index (χ0v) is 17.3. The smallest absolute Gasteiger partial charge is 0.237 e. The van der Waals surface area contributed by atoms with Crippen LogP contribution in [0.25, 0.3) is 0 Å². The Morgan fingerprint density at radius 3 is 2.82 bits per heavy atom. The van der Waals surface area contributed by atoms with Crippen molar-refractivity contribution in [2.75, 3.05) is 10.7 Å². The Hall–Kier alpha value is -2.08. The molecule has 0 spiro atoms. The van der Waals surface area contributed by atoms with E-state index < -0.39 is 0 Å². The summed E-state index contributed by atoms with van der Waals surface area (Å²) in [5.41, 5.74) is 2.30. The third-order valence-electron chi connectivity index (χ3n) is 5.83. The number of hydrogen-bond acceptors (Lipinski definition) is 4. The molecule has 148 valence electrons. The van der Waals surface area contributed by atoms with Crippen LogP contribution in [0.15, 0.2) is 42.1 Å². The largest absolute Gasteiger partial charge is 0.308 e. The van der Waals surface area contributed by atoms with Crippen molar-refractivity contribution in [2.24, 2.45) is 0 Å². The topological polar surface area (TPSA) is 51.0 Å². The third-order valence-corrected chi connectivity index (χ3v) is 6.78. The van der Waals surface area contributed by atoms with Gasteiger partial charge in [-0.2, -0.15) is 0 Å². The van der Waals surface area contributed by atoms with E-state index in [1.165, 1.54) is 49.4 Å². The lowest BCUT2D eigenvalue weighted by Gasteiger charge is -2.23. The zero-order chi connectivity index (χ0) is 19.5. The van der Waals surface area contributed by atoms with E-state index in [-0.39, 0.29) is 11.9 Å². The highest BCUT2D eigenvalue weighted by Crippen LogP contribution is 2.35. The van der Waals surface area contributed by atoms with Gasteiger partial charge in [-0.25, -0.2) is 0 Å². The number of carbonyl (C=O) groups is 1. The molecule has 2 aliphatic rings. The van der Waals surface area contributed by atoms with Gasteiger partial charge in [0.25, 0.3) is 0 Å². The molecule has 6 heteroatoms. The van der Waals surface area contributed by atoms with Crippen molar-refractivity contribution >= 4 is 23.4 Å². The molecule has 2 heterocycles. The molecule has 28 heavy (non-hydrogen) atoms. The Morgan fingerprint density at radius 2 is 2.04 bits per heavy atom. The average molecular weight is 397 g/mol. The van der Waals surface area contributed by atoms with Crippen LogP contribution in [0.4, 0.5) is 5.69 Å². The second kappa shape index (κ2) is 8.52. The lowest BCUT2D eigenvalue weighted by atomic mass is 9.89. The van der Waals surface area contributed by atoms with E-state index in [2.05, 4.69) is 34.3 Å². The first-order valence-corrected chi connectivity index (χ1v) is 11.2. The molecular weight excluding hydrogens is 368 g/mol. The summed E-state index contributed by atoms with van der Waals surface area (Å²) in [4.78, 5) is 14.9. The van der Waals surface area contributed by atoms with Crippen molar-refractivity contribution in [1.82, 2.24) is 14.8 Å². The third kappa shape index (κ3) is 3.75. The van der Waals surface area contributed by atoms with Gasteiger partial charge in [0.05, 0.1) is 5.75 Å². The number of nitrogens with zero attached hydrogens (tertiary/aromatic N) is 4. The quantitative estimate of drug-likeness (QED) is 0.530. The van der Waals surface area contributed by atoms with Gasteiger partial charge in [-0.3, -0.25) is 4.79 Å². The standard InChI is InChI=1S/C22H28N4OS/c1-3-13-25-21(17-9-5-4-6-10-17)23-24-22(25)28-15-20(27)26-16(2)14-18-11-7-8-12-19(18)26/h3,7-8,11-12,16-17H,1,4-6,9-10,13-15H2,2H3/t16-/m0/s1. The number of para-hydroxylation sites is 1. The summed E-state index contributed by atoms with van der Waals surface area (Å²) in [6, 6.07) is 8.40. The maximum atomic E-state index is 13.0. The van der Waals surface area contributed by atoms with Crippen LogP contribution in [-0.4, -0.2) is 32.5 Å². The maximum Gasteiger partial charge on any atom is 0.237 e. The van der Waals surface area contributed by atoms with E-state index in [0.717, 1.165) is 23.1 Å². The number of rotatable bonds is 6. The van der Waals surface area contributed by atoms with E-state index in [1.54, 1.807) is 0 Å². The number of hydrogen-bond donors (Lipinski definition) is 0. The molecule has 0 radical (unpaired) electrons. The fourth-order valence-corrected chi connectivity index (χ4v) is 5.33. The fraction of sp³-hybridized carbons (Fsp3) is 0.500. The number of carbonyl (C=O) groups excluding carboxylic acids is 1. The molecule has 4 rings (SSSR count). The first-order valence-electron chi connectivity index (χ1n) is 10.3. The predicted molar refractivity (Wildman–Crippen MR) is 114 cm³/mol. The molecule has 0 saturated heterocycles. The molecule has 5 nitrogen and oxygen atoms in total. The molecule has 1 aliphatic heterocycles. The lowest BCUT2D eigenvalue weighted by molar-refractivity contribution is -0.116. The second-order valence-electron chi connectivity index (χ2n) is 7.81. The SMILES string of the molecule is C=CCn1c(SCC(=O)N2c3ccccc3C[C@@H]2C)nnc1C1CCCCC1. The summed E-state index contributed by atoms with van der Waals surface area (Å²) in [7, 11) is 0. The highest BCUT2D eigenvalue weighted by molar-refractivity contribution is 7.99. The van der Waals surface area contributed by atoms with Crippen LogP contribution in [0.2, 0.25) is 0 Å². The van der Waals surface area contributed by atoms with Crippen molar-refractivity contribution in [3.05, 3.63) is 48.3 Å². The number of amides is 1. The van der Waals surface area contributed by atoms with Crippen LogP contribution in [0.5, 0.6) is 0 Å². The molecule has 0 unspecified atom stereocenters. The molecule has 1 aliphatic carbocycles. The minimum Gasteiger partial charge on any atom is -0.308 e. The molecular formula is C22H28N4OS. The van der Waals surface area contributed by atoms with Gasteiger partial charge in [0.2, 0.25) is 5.91 Å². The molecule has 1 aromatic carbocycles. The minimum atomic E-state index is 0.134. The lowest BCUT2D eigenvalue weighted by Crippen LogP contribution is -2.37. The van der Waals surface area contributed by atoms with Crippen molar-refractivity contribution < 1.29 is 4.79 Å². The predicted octanol–water partition coefficient (Wildman–Crippen LogP) is 4.58. The molecule has 1 saturated carbocycles. The molecule has 0 N–H and O–H groups in total. The molecule has 1 aromatic heterocycles. The first-order chi connectivity index (χ1) is 13.7. The Kier molecular flexibility index (Phi) is 5.85. The van der Waals surface area contributed by atoms with Crippen LogP contribution in [0.1, 0.15) is 56.3 Å². The van der Waals surface area contributed by atoms with E-state index >= 15 is 0 Å². The minimum absolute atomic E-state index is 0.134. The number of fused-ring (bicyclic) bond motifs is 1. The van der Waals surface area contributed by atoms with Gasteiger partial charge in [0.1, 0.15) is 5.82 Å². The van der Waals surface area contributed by atoms with Crippen molar-refractivity contribution in [3.8, 4) is 0 Å². The summed E-state index contributed by atoms with van der Waals surface area (Å²) in [6.45, 7) is 6.70. The normalized spacial score (nSPS) is 19.6. The van der Waals surface area contributed by atoms with Gasteiger partial charge in [-0.15, -0.1) is 16.8 Å². The number of benzene rings is 1. The fourth-order valence-electron chi connectivity index (χ4n) is 4.51. The molecule has 0 bridgehead atoms. The van der Waals surface area contributed by atoms with Gasteiger partial charge in [-0.1, -0.05) is 55.3 Å². The first kappa shape index (κ1) is 19.2. The summed E-state index contributed by atoms with van der Waals surface area (Å²) in [5, 5.41) is 9.76. The van der Waals surface area contributed by atoms with Crippen LogP contribution < -0.4 is 4.90 Å². The average Bonchev–Trinajstić information content (AvgIpc) is 3.27. The highest BCUT2D eigenvalue weighted by atomic mass is 32.2. The van der Waals surface area contributed by atoms with Crippen LogP contribution in [-0.2, 0) is 17.8 Å².